The van der Waals surface area contributed by atoms with Gasteiger partial charge in [-0.15, -0.1) is 0 Å². The molecule has 1 aromatic heterocycles. The Hall–Kier alpha value is -3.64. The summed E-state index contributed by atoms with van der Waals surface area (Å²) in [6.07, 6.45) is 2.99. The van der Waals surface area contributed by atoms with E-state index in [1.54, 1.807) is 37.4 Å². The van der Waals surface area contributed by atoms with Gasteiger partial charge in [0.05, 0.1) is 12.9 Å². The van der Waals surface area contributed by atoms with E-state index in [0.29, 0.717) is 23.6 Å². The molecule has 0 unspecified atom stereocenters. The minimum absolute atomic E-state index is 0.0744. The summed E-state index contributed by atoms with van der Waals surface area (Å²) in [6, 6.07) is 17.9. The Morgan fingerprint density at radius 1 is 1.07 bits per heavy atom. The Labute approximate surface area is 169 Å². The van der Waals surface area contributed by atoms with Gasteiger partial charge in [-0.2, -0.15) is 0 Å². The van der Waals surface area contributed by atoms with Gasteiger partial charge in [-0.05, 0) is 48.4 Å². The molecule has 0 atom stereocenters. The highest BCUT2D eigenvalue weighted by Gasteiger charge is 2.17. The molecule has 0 radical (unpaired) electrons. The SMILES string of the molecule is COCc1cccc(NC(=O)/C(=C/c2ccco2)NC(=O)c2ccccc2C)c1. The minimum atomic E-state index is -0.460. The van der Waals surface area contributed by atoms with Crippen LogP contribution in [0, 0.1) is 6.92 Å². The van der Waals surface area contributed by atoms with E-state index in [1.807, 2.05) is 37.3 Å². The van der Waals surface area contributed by atoms with E-state index < -0.39 is 5.91 Å². The zero-order valence-corrected chi connectivity index (χ0v) is 16.3. The van der Waals surface area contributed by atoms with Crippen LogP contribution in [-0.4, -0.2) is 18.9 Å². The number of amides is 2. The maximum absolute atomic E-state index is 12.9. The lowest BCUT2D eigenvalue weighted by molar-refractivity contribution is -0.113. The van der Waals surface area contributed by atoms with Crippen molar-refractivity contribution in [2.24, 2.45) is 0 Å². The van der Waals surface area contributed by atoms with Crippen LogP contribution in [0.1, 0.15) is 27.2 Å². The van der Waals surface area contributed by atoms with Gasteiger partial charge in [0.1, 0.15) is 11.5 Å². The smallest absolute Gasteiger partial charge is 0.272 e. The van der Waals surface area contributed by atoms with Gasteiger partial charge >= 0.3 is 0 Å². The van der Waals surface area contributed by atoms with Crippen LogP contribution in [0.15, 0.2) is 77.0 Å². The number of carbonyl (C=O) groups is 2. The van der Waals surface area contributed by atoms with E-state index in [0.717, 1.165) is 11.1 Å². The molecular formula is C23H22N2O4. The van der Waals surface area contributed by atoms with E-state index in [9.17, 15) is 9.59 Å². The third-order valence-electron chi connectivity index (χ3n) is 4.21. The van der Waals surface area contributed by atoms with Crippen LogP contribution < -0.4 is 10.6 Å². The monoisotopic (exact) mass is 390 g/mol. The number of rotatable bonds is 7. The maximum Gasteiger partial charge on any atom is 0.272 e. The van der Waals surface area contributed by atoms with Crippen LogP contribution in [0.2, 0.25) is 0 Å². The predicted octanol–water partition coefficient (Wildman–Crippen LogP) is 4.14. The fraction of sp³-hybridized carbons (Fsp3) is 0.130. The van der Waals surface area contributed by atoms with E-state index in [1.165, 1.54) is 12.3 Å². The van der Waals surface area contributed by atoms with E-state index >= 15 is 0 Å². The first-order valence-electron chi connectivity index (χ1n) is 9.08. The number of carbonyl (C=O) groups excluding carboxylic acids is 2. The molecule has 3 rings (SSSR count). The summed E-state index contributed by atoms with van der Waals surface area (Å²) in [6.45, 7) is 2.27. The second-order valence-corrected chi connectivity index (χ2v) is 6.43. The number of methoxy groups -OCH3 is 1. The summed E-state index contributed by atoms with van der Waals surface area (Å²) in [7, 11) is 1.61. The van der Waals surface area contributed by atoms with E-state index in [-0.39, 0.29) is 11.6 Å². The molecule has 2 amide bonds. The van der Waals surface area contributed by atoms with Crippen molar-refractivity contribution >= 4 is 23.6 Å². The summed E-state index contributed by atoms with van der Waals surface area (Å²) >= 11 is 0. The number of nitrogens with one attached hydrogen (secondary N) is 2. The summed E-state index contributed by atoms with van der Waals surface area (Å²) in [4.78, 5) is 25.6. The van der Waals surface area contributed by atoms with Crippen LogP contribution in [0.5, 0.6) is 0 Å². The highest BCUT2D eigenvalue weighted by atomic mass is 16.5. The molecule has 0 aliphatic rings. The summed E-state index contributed by atoms with van der Waals surface area (Å²) in [5, 5.41) is 5.50. The van der Waals surface area contributed by atoms with Crippen LogP contribution in [-0.2, 0) is 16.1 Å². The topological polar surface area (TPSA) is 80.6 Å². The van der Waals surface area contributed by atoms with Crippen molar-refractivity contribution < 1.29 is 18.7 Å². The van der Waals surface area contributed by atoms with Gasteiger partial charge in [0.25, 0.3) is 11.8 Å². The molecule has 0 saturated heterocycles. The van der Waals surface area contributed by atoms with Crippen LogP contribution in [0.3, 0.4) is 0 Å². The molecule has 0 spiro atoms. The first-order valence-corrected chi connectivity index (χ1v) is 9.08. The van der Waals surface area contributed by atoms with Gasteiger partial charge in [-0.1, -0.05) is 30.3 Å². The number of aryl methyl sites for hydroxylation is 1. The molecule has 6 nitrogen and oxygen atoms in total. The molecule has 0 aliphatic carbocycles. The second kappa shape index (κ2) is 9.52. The Kier molecular flexibility index (Phi) is 6.60. The quantitative estimate of drug-likeness (QED) is 0.594. The van der Waals surface area contributed by atoms with Crippen molar-refractivity contribution in [3.05, 3.63) is 95.1 Å². The molecule has 6 heteroatoms. The largest absolute Gasteiger partial charge is 0.465 e. The van der Waals surface area contributed by atoms with Crippen molar-refractivity contribution in [1.29, 1.82) is 0 Å². The standard InChI is InChI=1S/C23H22N2O4/c1-16-7-3-4-11-20(16)22(26)25-21(14-19-10-6-12-29-19)23(27)24-18-9-5-8-17(13-18)15-28-2/h3-14H,15H2,1-2H3,(H,24,27)(H,25,26)/b21-14-. The number of hydrogen-bond donors (Lipinski definition) is 2. The first kappa shape index (κ1) is 20.1. The molecule has 0 aliphatic heterocycles. The third-order valence-corrected chi connectivity index (χ3v) is 4.21. The highest BCUT2D eigenvalue weighted by molar-refractivity contribution is 6.10. The lowest BCUT2D eigenvalue weighted by Crippen LogP contribution is -2.31. The molecule has 2 N–H and O–H groups in total. The average molecular weight is 390 g/mol. The minimum Gasteiger partial charge on any atom is -0.465 e. The molecular weight excluding hydrogens is 368 g/mol. The van der Waals surface area contributed by atoms with Gasteiger partial charge in [0, 0.05) is 24.4 Å². The zero-order valence-electron chi connectivity index (χ0n) is 16.3. The number of hydrogen-bond acceptors (Lipinski definition) is 4. The van der Waals surface area contributed by atoms with Gasteiger partial charge in [0.15, 0.2) is 0 Å². The number of anilines is 1. The van der Waals surface area contributed by atoms with Crippen molar-refractivity contribution in [3.63, 3.8) is 0 Å². The molecule has 29 heavy (non-hydrogen) atoms. The summed E-state index contributed by atoms with van der Waals surface area (Å²) < 4.78 is 10.4. The third kappa shape index (κ3) is 5.43. The van der Waals surface area contributed by atoms with Crippen molar-refractivity contribution in [2.45, 2.75) is 13.5 Å². The number of ether oxygens (including phenoxy) is 1. The Morgan fingerprint density at radius 3 is 2.62 bits per heavy atom. The van der Waals surface area contributed by atoms with Gasteiger partial charge < -0.3 is 19.8 Å². The maximum atomic E-state index is 12.9. The Morgan fingerprint density at radius 2 is 1.90 bits per heavy atom. The van der Waals surface area contributed by atoms with E-state index in [4.69, 9.17) is 9.15 Å². The molecule has 0 fully saturated rings. The van der Waals surface area contributed by atoms with Gasteiger partial charge in [0.2, 0.25) is 0 Å². The van der Waals surface area contributed by atoms with Crippen molar-refractivity contribution in [3.8, 4) is 0 Å². The lowest BCUT2D eigenvalue weighted by atomic mass is 10.1. The van der Waals surface area contributed by atoms with E-state index in [2.05, 4.69) is 10.6 Å². The molecule has 0 saturated carbocycles. The molecule has 2 aromatic carbocycles. The Balaban J connectivity index is 1.84. The first-order chi connectivity index (χ1) is 14.1. The number of benzene rings is 2. The average Bonchev–Trinajstić information content (AvgIpc) is 3.21. The zero-order chi connectivity index (χ0) is 20.6. The molecule has 3 aromatic rings. The van der Waals surface area contributed by atoms with Gasteiger partial charge in [-0.25, -0.2) is 0 Å². The van der Waals surface area contributed by atoms with Crippen LogP contribution in [0.4, 0.5) is 5.69 Å². The predicted molar refractivity (Wildman–Crippen MR) is 111 cm³/mol. The van der Waals surface area contributed by atoms with Crippen molar-refractivity contribution in [2.75, 3.05) is 12.4 Å². The normalized spacial score (nSPS) is 11.2. The van der Waals surface area contributed by atoms with Crippen LogP contribution >= 0.6 is 0 Å². The summed E-state index contributed by atoms with van der Waals surface area (Å²) in [5.41, 5.74) is 2.90. The highest BCUT2D eigenvalue weighted by Crippen LogP contribution is 2.15. The Bertz CT molecular complexity index is 1020. The van der Waals surface area contributed by atoms with Crippen molar-refractivity contribution in [1.82, 2.24) is 5.32 Å². The summed E-state index contributed by atoms with van der Waals surface area (Å²) in [5.74, 6) is -0.379. The second-order valence-electron chi connectivity index (χ2n) is 6.43. The number of furan rings is 1. The molecule has 0 bridgehead atoms. The fourth-order valence-electron chi connectivity index (χ4n) is 2.80. The lowest BCUT2D eigenvalue weighted by Gasteiger charge is -2.12. The fourth-order valence-corrected chi connectivity index (χ4v) is 2.80. The van der Waals surface area contributed by atoms with Crippen LogP contribution in [0.25, 0.3) is 6.08 Å². The molecule has 148 valence electrons. The molecule has 1 heterocycles. The van der Waals surface area contributed by atoms with Gasteiger partial charge in [-0.3, -0.25) is 9.59 Å².